The van der Waals surface area contributed by atoms with E-state index in [1.165, 1.54) is 14.2 Å². The summed E-state index contributed by atoms with van der Waals surface area (Å²) in [6.07, 6.45) is 1.87. The number of urea groups is 1. The van der Waals surface area contributed by atoms with Gasteiger partial charge >= 0.3 is 6.03 Å². The summed E-state index contributed by atoms with van der Waals surface area (Å²) in [6, 6.07) is 3.12. The van der Waals surface area contributed by atoms with E-state index in [2.05, 4.69) is 16.8 Å². The van der Waals surface area contributed by atoms with Gasteiger partial charge in [0.1, 0.15) is 11.5 Å². The van der Waals surface area contributed by atoms with Gasteiger partial charge in [0.05, 0.1) is 24.9 Å². The van der Waals surface area contributed by atoms with Gasteiger partial charge in [-0.25, -0.2) is 4.79 Å². The molecule has 0 spiro atoms. The van der Waals surface area contributed by atoms with E-state index >= 15 is 0 Å². The first kappa shape index (κ1) is 17.4. The minimum absolute atomic E-state index is 0.164. The molecule has 1 aromatic rings. The number of carbonyl (C=O) groups is 1. The van der Waals surface area contributed by atoms with Crippen molar-refractivity contribution in [3.8, 4) is 11.5 Å². The van der Waals surface area contributed by atoms with Crippen molar-refractivity contribution in [2.45, 2.75) is 0 Å². The van der Waals surface area contributed by atoms with E-state index in [1.807, 2.05) is 6.08 Å². The Labute approximate surface area is 141 Å². The molecule has 7 heteroatoms. The van der Waals surface area contributed by atoms with Crippen LogP contribution in [0, 0.1) is 0 Å². The summed E-state index contributed by atoms with van der Waals surface area (Å²) in [4.78, 5) is 16.4. The molecule has 23 heavy (non-hydrogen) atoms. The number of halogens is 1. The van der Waals surface area contributed by atoms with Gasteiger partial charge in [-0.1, -0.05) is 17.7 Å². The highest BCUT2D eigenvalue weighted by atomic mass is 35.5. The van der Waals surface area contributed by atoms with E-state index < -0.39 is 0 Å². The first-order valence-electron chi connectivity index (χ1n) is 7.39. The number of benzene rings is 1. The summed E-state index contributed by atoms with van der Waals surface area (Å²) in [5, 5.41) is 3.27. The Kier molecular flexibility index (Phi) is 6.12. The van der Waals surface area contributed by atoms with Crippen LogP contribution in [0.15, 0.2) is 24.8 Å². The number of anilines is 1. The Balaban J connectivity index is 2.03. The van der Waals surface area contributed by atoms with Crippen LogP contribution in [0.5, 0.6) is 11.5 Å². The van der Waals surface area contributed by atoms with Crippen molar-refractivity contribution in [2.24, 2.45) is 0 Å². The molecule has 1 N–H and O–H groups in total. The second kappa shape index (κ2) is 8.08. The highest BCUT2D eigenvalue weighted by Crippen LogP contribution is 2.36. The van der Waals surface area contributed by atoms with Crippen molar-refractivity contribution in [1.29, 1.82) is 0 Å². The van der Waals surface area contributed by atoms with Crippen molar-refractivity contribution < 1.29 is 14.3 Å². The van der Waals surface area contributed by atoms with Gasteiger partial charge in [-0.15, -0.1) is 6.58 Å². The Morgan fingerprint density at radius 3 is 2.48 bits per heavy atom. The van der Waals surface area contributed by atoms with E-state index in [1.54, 1.807) is 17.0 Å². The van der Waals surface area contributed by atoms with Gasteiger partial charge < -0.3 is 19.7 Å². The second-order valence-corrected chi connectivity index (χ2v) is 5.60. The summed E-state index contributed by atoms with van der Waals surface area (Å²) in [7, 11) is 3.06. The minimum Gasteiger partial charge on any atom is -0.495 e. The third-order valence-corrected chi connectivity index (χ3v) is 4.06. The second-order valence-electron chi connectivity index (χ2n) is 5.19. The molecule has 0 aliphatic carbocycles. The van der Waals surface area contributed by atoms with Crippen LogP contribution in [0.4, 0.5) is 10.5 Å². The van der Waals surface area contributed by atoms with Crippen molar-refractivity contribution >= 4 is 23.3 Å². The Morgan fingerprint density at radius 1 is 1.26 bits per heavy atom. The van der Waals surface area contributed by atoms with E-state index in [9.17, 15) is 4.79 Å². The normalized spacial score (nSPS) is 15.2. The third kappa shape index (κ3) is 4.30. The molecule has 2 rings (SSSR count). The predicted molar refractivity (Wildman–Crippen MR) is 91.8 cm³/mol. The zero-order chi connectivity index (χ0) is 16.8. The SMILES string of the molecule is C=CCN1CCN(C(=O)Nc2cc(Cl)c(OC)cc2OC)CC1. The van der Waals surface area contributed by atoms with Gasteiger partial charge in [-0.3, -0.25) is 4.90 Å². The van der Waals surface area contributed by atoms with Crippen LogP contribution >= 0.6 is 11.6 Å². The molecule has 6 nitrogen and oxygen atoms in total. The lowest BCUT2D eigenvalue weighted by atomic mass is 10.2. The summed E-state index contributed by atoms with van der Waals surface area (Å²) in [5.41, 5.74) is 0.525. The lowest BCUT2D eigenvalue weighted by Crippen LogP contribution is -2.49. The summed E-state index contributed by atoms with van der Waals surface area (Å²) >= 11 is 6.12. The molecule has 1 heterocycles. The van der Waals surface area contributed by atoms with E-state index in [0.717, 1.165) is 19.6 Å². The fourth-order valence-corrected chi connectivity index (χ4v) is 2.71. The van der Waals surface area contributed by atoms with Crippen LogP contribution in [-0.2, 0) is 0 Å². The molecule has 0 atom stereocenters. The molecule has 1 saturated heterocycles. The predicted octanol–water partition coefficient (Wildman–Crippen LogP) is 2.69. The first-order valence-corrected chi connectivity index (χ1v) is 7.77. The van der Waals surface area contributed by atoms with Crippen LogP contribution in [0.1, 0.15) is 0 Å². The number of nitrogens with one attached hydrogen (secondary N) is 1. The number of amides is 2. The highest BCUT2D eigenvalue weighted by Gasteiger charge is 2.21. The molecule has 0 bridgehead atoms. The summed E-state index contributed by atoms with van der Waals surface area (Å²) in [5.74, 6) is 1.00. The Hall–Kier alpha value is -1.92. The minimum atomic E-state index is -0.164. The van der Waals surface area contributed by atoms with Crippen molar-refractivity contribution in [3.63, 3.8) is 0 Å². The fraction of sp³-hybridized carbons (Fsp3) is 0.438. The summed E-state index contributed by atoms with van der Waals surface area (Å²) in [6.45, 7) is 7.59. The number of piperazine rings is 1. The third-order valence-electron chi connectivity index (χ3n) is 3.76. The average Bonchev–Trinajstić information content (AvgIpc) is 2.56. The first-order chi connectivity index (χ1) is 11.1. The zero-order valence-corrected chi connectivity index (χ0v) is 14.2. The number of methoxy groups -OCH3 is 2. The maximum Gasteiger partial charge on any atom is 0.322 e. The molecular formula is C16H22ClN3O3. The fourth-order valence-electron chi connectivity index (χ4n) is 2.47. The number of rotatable bonds is 5. The molecule has 1 aromatic carbocycles. The maximum absolute atomic E-state index is 12.4. The number of hydrogen-bond acceptors (Lipinski definition) is 4. The standard InChI is InChI=1S/C16H22ClN3O3/c1-4-5-19-6-8-20(9-7-19)16(21)18-13-10-12(17)14(22-2)11-15(13)23-3/h4,10-11H,1,5-9H2,2-3H3,(H,18,21). The van der Waals surface area contributed by atoms with Crippen molar-refractivity contribution in [2.75, 3.05) is 52.3 Å². The van der Waals surface area contributed by atoms with Crippen LogP contribution < -0.4 is 14.8 Å². The molecule has 0 saturated carbocycles. The van der Waals surface area contributed by atoms with Crippen molar-refractivity contribution in [1.82, 2.24) is 9.80 Å². The quantitative estimate of drug-likeness (QED) is 0.838. The van der Waals surface area contributed by atoms with E-state index in [4.69, 9.17) is 21.1 Å². The Morgan fingerprint density at radius 2 is 1.91 bits per heavy atom. The monoisotopic (exact) mass is 339 g/mol. The smallest absolute Gasteiger partial charge is 0.322 e. The van der Waals surface area contributed by atoms with E-state index in [0.29, 0.717) is 35.3 Å². The number of nitrogens with zero attached hydrogens (tertiary/aromatic N) is 2. The molecule has 1 fully saturated rings. The number of carbonyl (C=O) groups excluding carboxylic acids is 1. The van der Waals surface area contributed by atoms with Gasteiger partial charge in [-0.05, 0) is 6.07 Å². The Bertz CT molecular complexity index is 572. The van der Waals surface area contributed by atoms with Gasteiger partial charge in [0, 0.05) is 38.8 Å². The molecule has 1 aliphatic heterocycles. The highest BCUT2D eigenvalue weighted by molar-refractivity contribution is 6.32. The number of hydrogen-bond donors (Lipinski definition) is 1. The van der Waals surface area contributed by atoms with Gasteiger partial charge in [0.2, 0.25) is 0 Å². The van der Waals surface area contributed by atoms with Gasteiger partial charge in [0.25, 0.3) is 0 Å². The molecule has 0 aromatic heterocycles. The van der Waals surface area contributed by atoms with Crippen molar-refractivity contribution in [3.05, 3.63) is 29.8 Å². The molecule has 1 aliphatic rings. The lowest BCUT2D eigenvalue weighted by Gasteiger charge is -2.34. The topological polar surface area (TPSA) is 54.0 Å². The van der Waals surface area contributed by atoms with Crippen LogP contribution in [0.2, 0.25) is 5.02 Å². The van der Waals surface area contributed by atoms with Gasteiger partial charge in [0.15, 0.2) is 0 Å². The zero-order valence-electron chi connectivity index (χ0n) is 13.5. The summed E-state index contributed by atoms with van der Waals surface area (Å²) < 4.78 is 10.4. The molecule has 2 amide bonds. The maximum atomic E-state index is 12.4. The van der Waals surface area contributed by atoms with E-state index in [-0.39, 0.29) is 6.03 Å². The average molecular weight is 340 g/mol. The van der Waals surface area contributed by atoms with Crippen LogP contribution in [0.25, 0.3) is 0 Å². The molecule has 126 valence electrons. The number of ether oxygens (including phenoxy) is 2. The van der Waals surface area contributed by atoms with Crippen LogP contribution in [0.3, 0.4) is 0 Å². The van der Waals surface area contributed by atoms with Crippen LogP contribution in [-0.4, -0.2) is 62.8 Å². The largest absolute Gasteiger partial charge is 0.495 e. The molecule has 0 unspecified atom stereocenters. The molecular weight excluding hydrogens is 318 g/mol. The molecule has 0 radical (unpaired) electrons. The lowest BCUT2D eigenvalue weighted by molar-refractivity contribution is 0.155. The van der Waals surface area contributed by atoms with Gasteiger partial charge in [-0.2, -0.15) is 0 Å².